The number of carbonyl (C=O) groups excluding carboxylic acids is 1. The molecule has 0 fully saturated rings. The van der Waals surface area contributed by atoms with Gasteiger partial charge in [0.15, 0.2) is 0 Å². The number of unbranched alkanes of at least 4 members (excludes halogenated alkanes) is 1. The van der Waals surface area contributed by atoms with Crippen molar-refractivity contribution >= 4 is 5.91 Å². The first kappa shape index (κ1) is 13.2. The van der Waals surface area contributed by atoms with Crippen molar-refractivity contribution in [3.8, 4) is 0 Å². The van der Waals surface area contributed by atoms with E-state index in [0.717, 1.165) is 13.1 Å². The van der Waals surface area contributed by atoms with E-state index in [9.17, 15) is 4.79 Å². The number of nitrogens with one attached hydrogen (secondary N) is 1. The fourth-order valence-corrected chi connectivity index (χ4v) is 1.05. The SMILES string of the molecule is C=C(C)C(=O)NCCN(C)CCCC. The monoisotopic (exact) mass is 198 g/mol. The molecule has 1 amide bonds. The van der Waals surface area contributed by atoms with Gasteiger partial charge in [-0.25, -0.2) is 0 Å². The van der Waals surface area contributed by atoms with E-state index in [0.29, 0.717) is 12.1 Å². The lowest BCUT2D eigenvalue weighted by Gasteiger charge is -2.16. The highest BCUT2D eigenvalue weighted by molar-refractivity contribution is 5.92. The van der Waals surface area contributed by atoms with Gasteiger partial charge in [-0.1, -0.05) is 19.9 Å². The van der Waals surface area contributed by atoms with Crippen LogP contribution in [0.3, 0.4) is 0 Å². The molecule has 82 valence electrons. The molecule has 0 saturated heterocycles. The molecule has 0 heterocycles. The second-order valence-corrected chi connectivity index (χ2v) is 3.69. The minimum Gasteiger partial charge on any atom is -0.351 e. The van der Waals surface area contributed by atoms with Gasteiger partial charge >= 0.3 is 0 Å². The minimum absolute atomic E-state index is 0.0473. The molecule has 0 spiro atoms. The van der Waals surface area contributed by atoms with Crippen molar-refractivity contribution in [3.63, 3.8) is 0 Å². The molecular weight excluding hydrogens is 176 g/mol. The summed E-state index contributed by atoms with van der Waals surface area (Å²) < 4.78 is 0. The Balaban J connectivity index is 3.44. The third-order valence-corrected chi connectivity index (χ3v) is 2.06. The quantitative estimate of drug-likeness (QED) is 0.627. The third-order valence-electron chi connectivity index (χ3n) is 2.06. The van der Waals surface area contributed by atoms with Crippen LogP contribution in [0.1, 0.15) is 26.7 Å². The lowest BCUT2D eigenvalue weighted by molar-refractivity contribution is -0.117. The van der Waals surface area contributed by atoms with E-state index in [1.807, 2.05) is 0 Å². The highest BCUT2D eigenvalue weighted by Gasteiger charge is 2.01. The number of hydrogen-bond acceptors (Lipinski definition) is 2. The van der Waals surface area contributed by atoms with Crippen molar-refractivity contribution in [3.05, 3.63) is 12.2 Å². The molecule has 0 saturated carbocycles. The molecule has 0 rings (SSSR count). The highest BCUT2D eigenvalue weighted by Crippen LogP contribution is 1.90. The van der Waals surface area contributed by atoms with Crippen LogP contribution < -0.4 is 5.32 Å². The first-order valence-corrected chi connectivity index (χ1v) is 5.20. The average molecular weight is 198 g/mol. The first-order chi connectivity index (χ1) is 6.57. The van der Waals surface area contributed by atoms with Gasteiger partial charge in [0.1, 0.15) is 0 Å². The van der Waals surface area contributed by atoms with E-state index in [1.54, 1.807) is 6.92 Å². The van der Waals surface area contributed by atoms with E-state index in [1.165, 1.54) is 12.8 Å². The molecule has 0 unspecified atom stereocenters. The number of likely N-dealkylation sites (N-methyl/N-ethyl adjacent to an activating group) is 1. The van der Waals surface area contributed by atoms with Gasteiger partial charge in [-0.15, -0.1) is 0 Å². The van der Waals surface area contributed by atoms with Crippen LogP contribution in [0.15, 0.2) is 12.2 Å². The van der Waals surface area contributed by atoms with Gasteiger partial charge in [-0.3, -0.25) is 4.79 Å². The van der Waals surface area contributed by atoms with Crippen LogP contribution in [0.5, 0.6) is 0 Å². The topological polar surface area (TPSA) is 32.3 Å². The van der Waals surface area contributed by atoms with Crippen LogP contribution in [-0.2, 0) is 4.79 Å². The van der Waals surface area contributed by atoms with Crippen LogP contribution in [0.4, 0.5) is 0 Å². The summed E-state index contributed by atoms with van der Waals surface area (Å²) in [5.74, 6) is -0.0473. The summed E-state index contributed by atoms with van der Waals surface area (Å²) in [7, 11) is 2.07. The Morgan fingerprint density at radius 3 is 2.57 bits per heavy atom. The van der Waals surface area contributed by atoms with E-state index in [2.05, 4.69) is 30.8 Å². The zero-order chi connectivity index (χ0) is 11.0. The largest absolute Gasteiger partial charge is 0.351 e. The molecular formula is C11H22N2O. The van der Waals surface area contributed by atoms with Gasteiger partial charge in [0.25, 0.3) is 0 Å². The molecule has 0 atom stereocenters. The Hall–Kier alpha value is -0.830. The van der Waals surface area contributed by atoms with E-state index in [4.69, 9.17) is 0 Å². The summed E-state index contributed by atoms with van der Waals surface area (Å²) in [5.41, 5.74) is 0.571. The van der Waals surface area contributed by atoms with Gasteiger partial charge in [0.05, 0.1) is 0 Å². The van der Waals surface area contributed by atoms with E-state index in [-0.39, 0.29) is 5.91 Å². The standard InChI is InChI=1S/C11H22N2O/c1-5-6-8-13(4)9-7-12-11(14)10(2)3/h2,5-9H2,1,3-4H3,(H,12,14). The van der Waals surface area contributed by atoms with Crippen LogP contribution in [0.25, 0.3) is 0 Å². The normalized spacial score (nSPS) is 10.3. The van der Waals surface area contributed by atoms with Crippen molar-refractivity contribution in [2.75, 3.05) is 26.7 Å². The number of hydrogen-bond donors (Lipinski definition) is 1. The first-order valence-electron chi connectivity index (χ1n) is 5.20. The Kier molecular flexibility index (Phi) is 7.11. The van der Waals surface area contributed by atoms with Crippen molar-refractivity contribution < 1.29 is 4.79 Å². The molecule has 14 heavy (non-hydrogen) atoms. The molecule has 0 bridgehead atoms. The Labute approximate surface area is 87.2 Å². The molecule has 1 N–H and O–H groups in total. The second-order valence-electron chi connectivity index (χ2n) is 3.69. The summed E-state index contributed by atoms with van der Waals surface area (Å²) >= 11 is 0. The Morgan fingerprint density at radius 2 is 2.07 bits per heavy atom. The van der Waals surface area contributed by atoms with Crippen LogP contribution in [0, 0.1) is 0 Å². The highest BCUT2D eigenvalue weighted by atomic mass is 16.1. The molecule has 0 aliphatic carbocycles. The zero-order valence-electron chi connectivity index (χ0n) is 9.60. The minimum atomic E-state index is -0.0473. The molecule has 3 heteroatoms. The third kappa shape index (κ3) is 6.66. The maximum Gasteiger partial charge on any atom is 0.246 e. The van der Waals surface area contributed by atoms with Crippen LogP contribution in [0.2, 0.25) is 0 Å². The number of rotatable bonds is 7. The summed E-state index contributed by atoms with van der Waals surface area (Å²) in [6.07, 6.45) is 2.42. The number of amides is 1. The van der Waals surface area contributed by atoms with Crippen LogP contribution >= 0.6 is 0 Å². The van der Waals surface area contributed by atoms with Gasteiger partial charge in [0, 0.05) is 18.7 Å². The van der Waals surface area contributed by atoms with Crippen molar-refractivity contribution in [1.82, 2.24) is 10.2 Å². The van der Waals surface area contributed by atoms with E-state index < -0.39 is 0 Å². The fourth-order valence-electron chi connectivity index (χ4n) is 1.05. The van der Waals surface area contributed by atoms with Crippen molar-refractivity contribution in [2.24, 2.45) is 0 Å². The lowest BCUT2D eigenvalue weighted by Crippen LogP contribution is -2.33. The van der Waals surface area contributed by atoms with Gasteiger partial charge in [0.2, 0.25) is 5.91 Å². The maximum atomic E-state index is 11.1. The van der Waals surface area contributed by atoms with E-state index >= 15 is 0 Å². The average Bonchev–Trinajstić information content (AvgIpc) is 2.14. The summed E-state index contributed by atoms with van der Waals surface area (Å²) in [5, 5.41) is 2.81. The van der Waals surface area contributed by atoms with Crippen molar-refractivity contribution in [1.29, 1.82) is 0 Å². The molecule has 0 aliphatic heterocycles. The Morgan fingerprint density at radius 1 is 1.43 bits per heavy atom. The molecule has 3 nitrogen and oxygen atoms in total. The summed E-state index contributed by atoms with van der Waals surface area (Å²) in [6, 6.07) is 0. The lowest BCUT2D eigenvalue weighted by atomic mass is 10.3. The molecule has 0 aromatic rings. The number of carbonyl (C=O) groups is 1. The summed E-state index contributed by atoms with van der Waals surface area (Å²) in [4.78, 5) is 13.3. The Bertz CT molecular complexity index is 190. The fraction of sp³-hybridized carbons (Fsp3) is 0.727. The maximum absolute atomic E-state index is 11.1. The number of nitrogens with zero attached hydrogens (tertiary/aromatic N) is 1. The molecule has 0 radical (unpaired) electrons. The predicted molar refractivity (Wildman–Crippen MR) is 60.2 cm³/mol. The van der Waals surface area contributed by atoms with Gasteiger partial charge in [-0.2, -0.15) is 0 Å². The predicted octanol–water partition coefficient (Wildman–Crippen LogP) is 1.41. The zero-order valence-corrected chi connectivity index (χ0v) is 9.60. The molecule has 0 aliphatic rings. The molecule has 0 aromatic carbocycles. The second kappa shape index (κ2) is 7.56. The molecule has 0 aromatic heterocycles. The van der Waals surface area contributed by atoms with Gasteiger partial charge in [-0.05, 0) is 26.9 Å². The smallest absolute Gasteiger partial charge is 0.246 e. The van der Waals surface area contributed by atoms with Crippen LogP contribution in [-0.4, -0.2) is 37.5 Å². The van der Waals surface area contributed by atoms with Gasteiger partial charge < -0.3 is 10.2 Å². The van der Waals surface area contributed by atoms with Crippen molar-refractivity contribution in [2.45, 2.75) is 26.7 Å². The summed E-state index contributed by atoms with van der Waals surface area (Å²) in [6.45, 7) is 10.2.